The molecule has 0 aliphatic heterocycles. The Kier molecular flexibility index (Phi) is 5.92. The van der Waals surface area contributed by atoms with Crippen molar-refractivity contribution in [2.75, 3.05) is 18.5 Å². The van der Waals surface area contributed by atoms with Gasteiger partial charge in [-0.15, -0.1) is 0 Å². The molecule has 0 spiro atoms. The molecule has 6 heteroatoms. The fraction of sp³-hybridized carbons (Fsp3) is 0.188. The van der Waals surface area contributed by atoms with Crippen molar-refractivity contribution in [2.45, 2.75) is 6.92 Å². The summed E-state index contributed by atoms with van der Waals surface area (Å²) in [5, 5.41) is 6.21. The van der Waals surface area contributed by atoms with E-state index in [-0.39, 0.29) is 6.03 Å². The lowest BCUT2D eigenvalue weighted by atomic mass is 10.2. The van der Waals surface area contributed by atoms with Crippen molar-refractivity contribution >= 4 is 34.9 Å². The first-order chi connectivity index (χ1) is 10.6. The van der Waals surface area contributed by atoms with Gasteiger partial charge >= 0.3 is 6.03 Å². The van der Waals surface area contributed by atoms with Crippen LogP contribution in [0.2, 0.25) is 10.0 Å². The Morgan fingerprint density at radius 3 is 2.64 bits per heavy atom. The molecule has 0 atom stereocenters. The number of carbonyl (C=O) groups is 1. The third-order valence-corrected chi connectivity index (χ3v) is 3.66. The molecule has 0 aliphatic rings. The number of hydrogen-bond donors (Lipinski definition) is 2. The van der Waals surface area contributed by atoms with Crippen LogP contribution < -0.4 is 15.4 Å². The zero-order valence-electron chi connectivity index (χ0n) is 12.0. The standard InChI is InChI=1S/C16H16Cl2N2O2/c1-11-4-2-3-5-15(11)22-9-8-19-16(21)20-12-6-7-13(17)14(18)10-12/h2-7,10H,8-9H2,1H3,(H2,19,20,21). The second-order valence-electron chi connectivity index (χ2n) is 4.62. The quantitative estimate of drug-likeness (QED) is 0.788. The molecule has 2 N–H and O–H groups in total. The summed E-state index contributed by atoms with van der Waals surface area (Å²) in [6.07, 6.45) is 0. The SMILES string of the molecule is Cc1ccccc1OCCNC(=O)Nc1ccc(Cl)c(Cl)c1. The molecule has 22 heavy (non-hydrogen) atoms. The second kappa shape index (κ2) is 7.92. The summed E-state index contributed by atoms with van der Waals surface area (Å²) in [5.74, 6) is 0.814. The van der Waals surface area contributed by atoms with Gasteiger partial charge in [-0.25, -0.2) is 4.79 Å². The van der Waals surface area contributed by atoms with Crippen molar-refractivity contribution in [3.05, 3.63) is 58.1 Å². The van der Waals surface area contributed by atoms with Gasteiger partial charge in [0.2, 0.25) is 0 Å². The van der Waals surface area contributed by atoms with Crippen molar-refractivity contribution in [1.29, 1.82) is 0 Å². The Hall–Kier alpha value is -1.91. The van der Waals surface area contributed by atoms with E-state index in [9.17, 15) is 4.79 Å². The second-order valence-corrected chi connectivity index (χ2v) is 5.44. The molecule has 0 unspecified atom stereocenters. The summed E-state index contributed by atoms with van der Waals surface area (Å²) >= 11 is 11.7. The number of ether oxygens (including phenoxy) is 1. The van der Waals surface area contributed by atoms with Crippen LogP contribution in [0.4, 0.5) is 10.5 Å². The number of halogens is 2. The lowest BCUT2D eigenvalue weighted by molar-refractivity contribution is 0.247. The molecular formula is C16H16Cl2N2O2. The molecule has 4 nitrogen and oxygen atoms in total. The van der Waals surface area contributed by atoms with Gasteiger partial charge in [0.05, 0.1) is 16.6 Å². The van der Waals surface area contributed by atoms with Crippen molar-refractivity contribution in [1.82, 2.24) is 5.32 Å². The first kappa shape index (κ1) is 16.5. The Balaban J connectivity index is 1.74. The fourth-order valence-electron chi connectivity index (χ4n) is 1.79. The number of rotatable bonds is 5. The molecule has 0 radical (unpaired) electrons. The highest BCUT2D eigenvalue weighted by Crippen LogP contribution is 2.24. The van der Waals surface area contributed by atoms with Gasteiger partial charge < -0.3 is 15.4 Å². The monoisotopic (exact) mass is 338 g/mol. The maximum Gasteiger partial charge on any atom is 0.319 e. The van der Waals surface area contributed by atoms with Crippen LogP contribution in [0.3, 0.4) is 0 Å². The predicted molar refractivity (Wildman–Crippen MR) is 90.2 cm³/mol. The molecule has 116 valence electrons. The van der Waals surface area contributed by atoms with E-state index in [0.29, 0.717) is 28.9 Å². The minimum atomic E-state index is -0.327. The molecule has 2 aromatic carbocycles. The third-order valence-electron chi connectivity index (χ3n) is 2.92. The Morgan fingerprint density at radius 1 is 1.14 bits per heavy atom. The Labute approximate surface area is 139 Å². The minimum Gasteiger partial charge on any atom is -0.491 e. The fourth-order valence-corrected chi connectivity index (χ4v) is 2.09. The van der Waals surface area contributed by atoms with E-state index in [2.05, 4.69) is 10.6 Å². The molecule has 2 amide bonds. The number of anilines is 1. The number of hydrogen-bond acceptors (Lipinski definition) is 2. The molecule has 2 aromatic rings. The summed E-state index contributed by atoms with van der Waals surface area (Å²) in [6.45, 7) is 2.75. The number of amides is 2. The van der Waals surface area contributed by atoms with E-state index < -0.39 is 0 Å². The zero-order chi connectivity index (χ0) is 15.9. The van der Waals surface area contributed by atoms with Crippen molar-refractivity contribution in [3.63, 3.8) is 0 Å². The number of nitrogens with one attached hydrogen (secondary N) is 2. The van der Waals surface area contributed by atoms with Gasteiger partial charge in [0.15, 0.2) is 0 Å². The highest BCUT2D eigenvalue weighted by molar-refractivity contribution is 6.42. The number of urea groups is 1. The van der Waals surface area contributed by atoms with Gasteiger partial charge in [-0.05, 0) is 36.8 Å². The molecule has 0 heterocycles. The van der Waals surface area contributed by atoms with Gasteiger partial charge in [0.25, 0.3) is 0 Å². The first-order valence-electron chi connectivity index (χ1n) is 6.74. The highest BCUT2D eigenvalue weighted by atomic mass is 35.5. The Morgan fingerprint density at radius 2 is 1.91 bits per heavy atom. The van der Waals surface area contributed by atoms with E-state index in [0.717, 1.165) is 11.3 Å². The van der Waals surface area contributed by atoms with Crippen LogP contribution >= 0.6 is 23.2 Å². The van der Waals surface area contributed by atoms with Gasteiger partial charge in [0, 0.05) is 5.69 Å². The van der Waals surface area contributed by atoms with E-state index >= 15 is 0 Å². The van der Waals surface area contributed by atoms with E-state index in [1.807, 2.05) is 31.2 Å². The van der Waals surface area contributed by atoms with Gasteiger partial charge in [-0.1, -0.05) is 41.4 Å². The molecule has 0 fully saturated rings. The summed E-state index contributed by atoms with van der Waals surface area (Å²) in [5.41, 5.74) is 1.63. The van der Waals surface area contributed by atoms with E-state index in [1.165, 1.54) is 0 Å². The normalized spacial score (nSPS) is 10.1. The van der Waals surface area contributed by atoms with Crippen LogP contribution in [0, 0.1) is 6.92 Å². The van der Waals surface area contributed by atoms with E-state index in [4.69, 9.17) is 27.9 Å². The lowest BCUT2D eigenvalue weighted by Crippen LogP contribution is -2.32. The average Bonchev–Trinajstić information content (AvgIpc) is 2.49. The maximum absolute atomic E-state index is 11.7. The van der Waals surface area contributed by atoms with Gasteiger partial charge in [0.1, 0.15) is 12.4 Å². The van der Waals surface area contributed by atoms with Crippen LogP contribution in [0.25, 0.3) is 0 Å². The number of para-hydroxylation sites is 1. The van der Waals surface area contributed by atoms with Crippen LogP contribution in [-0.2, 0) is 0 Å². The lowest BCUT2D eigenvalue weighted by Gasteiger charge is -2.10. The molecule has 0 aromatic heterocycles. The van der Waals surface area contributed by atoms with Crippen molar-refractivity contribution < 1.29 is 9.53 Å². The van der Waals surface area contributed by atoms with Crippen LogP contribution in [0.5, 0.6) is 5.75 Å². The van der Waals surface area contributed by atoms with Crippen LogP contribution in [0.1, 0.15) is 5.56 Å². The zero-order valence-corrected chi connectivity index (χ0v) is 13.5. The van der Waals surface area contributed by atoms with Gasteiger partial charge in [-0.2, -0.15) is 0 Å². The van der Waals surface area contributed by atoms with Crippen molar-refractivity contribution in [2.24, 2.45) is 0 Å². The van der Waals surface area contributed by atoms with E-state index in [1.54, 1.807) is 18.2 Å². The minimum absolute atomic E-state index is 0.327. The third kappa shape index (κ3) is 4.83. The maximum atomic E-state index is 11.7. The molecule has 0 saturated heterocycles. The van der Waals surface area contributed by atoms with Crippen molar-refractivity contribution in [3.8, 4) is 5.75 Å². The summed E-state index contributed by atoms with van der Waals surface area (Å²) in [4.78, 5) is 11.7. The molecular weight excluding hydrogens is 323 g/mol. The molecule has 0 bridgehead atoms. The first-order valence-corrected chi connectivity index (χ1v) is 7.50. The average molecular weight is 339 g/mol. The van der Waals surface area contributed by atoms with Crippen LogP contribution in [-0.4, -0.2) is 19.2 Å². The highest BCUT2D eigenvalue weighted by Gasteiger charge is 2.04. The summed E-state index contributed by atoms with van der Waals surface area (Å²) < 4.78 is 5.59. The predicted octanol–water partition coefficient (Wildman–Crippen LogP) is 4.50. The molecule has 2 rings (SSSR count). The van der Waals surface area contributed by atoms with Crippen LogP contribution in [0.15, 0.2) is 42.5 Å². The topological polar surface area (TPSA) is 50.4 Å². The molecule has 0 saturated carbocycles. The summed E-state index contributed by atoms with van der Waals surface area (Å²) in [7, 11) is 0. The smallest absolute Gasteiger partial charge is 0.319 e. The number of carbonyl (C=O) groups excluding carboxylic acids is 1. The number of aryl methyl sites for hydroxylation is 1. The number of benzene rings is 2. The Bertz CT molecular complexity index is 662. The molecule has 0 aliphatic carbocycles. The van der Waals surface area contributed by atoms with Gasteiger partial charge in [-0.3, -0.25) is 0 Å². The summed E-state index contributed by atoms with van der Waals surface area (Å²) in [6, 6.07) is 12.3. The largest absolute Gasteiger partial charge is 0.491 e.